The van der Waals surface area contributed by atoms with Gasteiger partial charge in [0.1, 0.15) is 5.67 Å². The number of hydrogen-bond donors (Lipinski definition) is 1. The van der Waals surface area contributed by atoms with E-state index in [1.807, 2.05) is 0 Å². The van der Waals surface area contributed by atoms with E-state index in [2.05, 4.69) is 0 Å². The fourth-order valence-corrected chi connectivity index (χ4v) is 5.62. The van der Waals surface area contributed by atoms with Crippen LogP contribution in [-0.4, -0.2) is 24.8 Å². The number of nitrogens with zero attached hydrogens (tertiary/aromatic N) is 1. The van der Waals surface area contributed by atoms with Gasteiger partial charge in [0.2, 0.25) is 0 Å². The van der Waals surface area contributed by atoms with Crippen LogP contribution in [0.3, 0.4) is 0 Å². The van der Waals surface area contributed by atoms with Crippen molar-refractivity contribution in [2.75, 3.05) is 0 Å². The predicted molar refractivity (Wildman–Crippen MR) is 80.2 cm³/mol. The Morgan fingerprint density at radius 3 is 2.10 bits per heavy atom. The number of piperidine rings is 1. The van der Waals surface area contributed by atoms with Crippen molar-refractivity contribution in [1.29, 1.82) is 0 Å². The van der Waals surface area contributed by atoms with Crippen LogP contribution < -0.4 is 5.14 Å². The molecule has 2 bridgehead atoms. The molecule has 21 heavy (non-hydrogen) atoms. The Bertz CT molecular complexity index is 648. The van der Waals surface area contributed by atoms with Gasteiger partial charge in [-0.1, -0.05) is 29.3 Å². The first kappa shape index (κ1) is 15.5. The van der Waals surface area contributed by atoms with E-state index in [1.165, 1.54) is 4.31 Å². The van der Waals surface area contributed by atoms with E-state index in [0.29, 0.717) is 12.8 Å². The molecule has 2 unspecified atom stereocenters. The molecule has 2 aliphatic rings. The molecule has 2 atom stereocenters. The van der Waals surface area contributed by atoms with Gasteiger partial charge >= 0.3 is 0 Å². The molecule has 3 rings (SSSR count). The van der Waals surface area contributed by atoms with Crippen LogP contribution in [0.1, 0.15) is 31.2 Å². The fraction of sp³-hybridized carbons (Fsp3) is 0.538. The summed E-state index contributed by atoms with van der Waals surface area (Å²) in [4.78, 5) is 0. The van der Waals surface area contributed by atoms with Crippen LogP contribution in [0.5, 0.6) is 0 Å². The van der Waals surface area contributed by atoms with Crippen molar-refractivity contribution in [2.24, 2.45) is 5.14 Å². The first-order valence-corrected chi connectivity index (χ1v) is 8.93. The second-order valence-electron chi connectivity index (χ2n) is 5.73. The van der Waals surface area contributed by atoms with E-state index in [9.17, 15) is 8.42 Å². The smallest absolute Gasteiger partial charge is 0.238 e. The largest absolute Gasteiger partial charge is 0.277 e. The third-order valence-electron chi connectivity index (χ3n) is 4.38. The van der Waals surface area contributed by atoms with Crippen LogP contribution in [0, 0.1) is 0 Å². The number of nitrogens with two attached hydrogens (primary N) is 1. The quantitative estimate of drug-likeness (QED) is 0.888. The summed E-state index contributed by atoms with van der Waals surface area (Å²) in [6.07, 6.45) is 1.27. The second-order valence-corrected chi connectivity index (χ2v) is 8.00. The maximum atomic E-state index is 15.5. The lowest BCUT2D eigenvalue weighted by atomic mass is 9.83. The number of hydrogen-bond acceptors (Lipinski definition) is 2. The molecule has 2 heterocycles. The molecule has 4 nitrogen and oxygen atoms in total. The van der Waals surface area contributed by atoms with Gasteiger partial charge < -0.3 is 0 Å². The SMILES string of the molecule is NS(=O)(=O)N1C2CCC1CC(F)(c1c(Cl)cccc1Cl)C2. The van der Waals surface area contributed by atoms with Gasteiger partial charge in [-0.05, 0) is 25.0 Å². The van der Waals surface area contributed by atoms with E-state index >= 15 is 4.39 Å². The van der Waals surface area contributed by atoms with Crippen LogP contribution in [0.15, 0.2) is 18.2 Å². The van der Waals surface area contributed by atoms with Gasteiger partial charge in [-0.2, -0.15) is 12.7 Å². The minimum absolute atomic E-state index is 0.0311. The topological polar surface area (TPSA) is 63.4 Å². The summed E-state index contributed by atoms with van der Waals surface area (Å²) in [6.45, 7) is 0. The van der Waals surface area contributed by atoms with Crippen molar-refractivity contribution < 1.29 is 12.8 Å². The fourth-order valence-electron chi connectivity index (χ4n) is 3.70. The van der Waals surface area contributed by atoms with Crippen molar-refractivity contribution in [3.8, 4) is 0 Å². The molecule has 1 aromatic rings. The second kappa shape index (κ2) is 5.06. The van der Waals surface area contributed by atoms with Crippen LogP contribution in [0.2, 0.25) is 10.0 Å². The van der Waals surface area contributed by atoms with Crippen LogP contribution >= 0.6 is 23.2 Å². The average Bonchev–Trinajstić information content (AvgIpc) is 2.62. The van der Waals surface area contributed by atoms with Crippen LogP contribution in [-0.2, 0) is 15.9 Å². The summed E-state index contributed by atoms with van der Waals surface area (Å²) in [5, 5.41) is 5.79. The van der Waals surface area contributed by atoms with E-state index < -0.39 is 28.0 Å². The predicted octanol–water partition coefficient (Wildman–Crippen LogP) is 2.99. The normalized spacial score (nSPS) is 33.3. The molecule has 0 aromatic heterocycles. The maximum Gasteiger partial charge on any atom is 0.277 e. The Morgan fingerprint density at radius 2 is 1.67 bits per heavy atom. The molecule has 0 saturated carbocycles. The van der Waals surface area contributed by atoms with Gasteiger partial charge in [-0.25, -0.2) is 9.53 Å². The zero-order valence-corrected chi connectivity index (χ0v) is 13.4. The first-order valence-electron chi connectivity index (χ1n) is 6.67. The Labute approximate surface area is 133 Å². The standard InChI is InChI=1S/C13H15Cl2FN2O2S/c14-10-2-1-3-11(15)12(10)13(16)6-8-4-5-9(7-13)18(8)21(17,19)20/h1-3,8-9H,4-7H2,(H2,17,19,20). The van der Waals surface area contributed by atoms with E-state index in [0.717, 1.165) is 0 Å². The number of alkyl halides is 1. The highest BCUT2D eigenvalue weighted by atomic mass is 35.5. The molecule has 116 valence electrons. The summed E-state index contributed by atoms with van der Waals surface area (Å²) in [5.41, 5.74) is -1.46. The van der Waals surface area contributed by atoms with Gasteiger partial charge in [0, 0.05) is 40.5 Å². The lowest BCUT2D eigenvalue weighted by Gasteiger charge is -2.41. The molecule has 0 radical (unpaired) electrons. The number of fused-ring (bicyclic) bond motifs is 2. The van der Waals surface area contributed by atoms with Gasteiger partial charge in [0.15, 0.2) is 0 Å². The molecule has 2 saturated heterocycles. The highest BCUT2D eigenvalue weighted by Crippen LogP contribution is 2.51. The minimum Gasteiger partial charge on any atom is -0.238 e. The highest BCUT2D eigenvalue weighted by molar-refractivity contribution is 7.86. The molecule has 2 fully saturated rings. The van der Waals surface area contributed by atoms with Crippen LogP contribution in [0.4, 0.5) is 4.39 Å². The molecular weight excluding hydrogens is 338 g/mol. The van der Waals surface area contributed by atoms with Crippen molar-refractivity contribution >= 4 is 33.4 Å². The third-order valence-corrected chi connectivity index (χ3v) is 6.19. The molecule has 0 amide bonds. The highest BCUT2D eigenvalue weighted by Gasteiger charge is 2.54. The summed E-state index contributed by atoms with van der Waals surface area (Å²) in [5.74, 6) is 0. The van der Waals surface area contributed by atoms with Crippen molar-refractivity contribution in [3.63, 3.8) is 0 Å². The number of benzene rings is 1. The summed E-state index contributed by atoms with van der Waals surface area (Å²) in [6, 6.07) is 3.98. The first-order chi connectivity index (χ1) is 9.72. The molecule has 2 aliphatic heterocycles. The summed E-state index contributed by atoms with van der Waals surface area (Å²) in [7, 11) is -3.81. The van der Waals surface area contributed by atoms with Gasteiger partial charge in [-0.3, -0.25) is 0 Å². The van der Waals surface area contributed by atoms with Crippen molar-refractivity contribution in [2.45, 2.75) is 43.4 Å². The Hall–Kier alpha value is -0.400. The molecule has 0 spiro atoms. The summed E-state index contributed by atoms with van der Waals surface area (Å²) >= 11 is 12.2. The third kappa shape index (κ3) is 2.57. The number of rotatable bonds is 2. The summed E-state index contributed by atoms with van der Waals surface area (Å²) < 4.78 is 40.1. The van der Waals surface area contributed by atoms with E-state index in [-0.39, 0.29) is 28.5 Å². The van der Waals surface area contributed by atoms with Gasteiger partial charge in [0.05, 0.1) is 0 Å². The van der Waals surface area contributed by atoms with E-state index in [1.54, 1.807) is 18.2 Å². The van der Waals surface area contributed by atoms with Gasteiger partial charge in [-0.15, -0.1) is 0 Å². The molecule has 1 aromatic carbocycles. The van der Waals surface area contributed by atoms with E-state index in [4.69, 9.17) is 28.3 Å². The maximum absolute atomic E-state index is 15.5. The Morgan fingerprint density at radius 1 is 1.19 bits per heavy atom. The lowest BCUT2D eigenvalue weighted by Crippen LogP contribution is -2.52. The zero-order valence-electron chi connectivity index (χ0n) is 11.1. The molecular formula is C13H15Cl2FN2O2S. The lowest BCUT2D eigenvalue weighted by molar-refractivity contribution is 0.0481. The molecule has 2 N–H and O–H groups in total. The van der Waals surface area contributed by atoms with Gasteiger partial charge in [0.25, 0.3) is 10.2 Å². The average molecular weight is 353 g/mol. The molecule has 8 heteroatoms. The van der Waals surface area contributed by atoms with Crippen molar-refractivity contribution in [3.05, 3.63) is 33.8 Å². The Kier molecular flexibility index (Phi) is 3.73. The van der Waals surface area contributed by atoms with Crippen molar-refractivity contribution in [1.82, 2.24) is 4.31 Å². The molecule has 0 aliphatic carbocycles. The monoisotopic (exact) mass is 352 g/mol. The van der Waals surface area contributed by atoms with Crippen LogP contribution in [0.25, 0.3) is 0 Å². The zero-order chi connectivity index (χ0) is 15.4. The minimum atomic E-state index is -3.81. The number of halogens is 3. The Balaban J connectivity index is 2.01.